The van der Waals surface area contributed by atoms with Crippen molar-refractivity contribution >= 4 is 21.8 Å². The molecule has 0 saturated carbocycles. The van der Waals surface area contributed by atoms with Gasteiger partial charge in [0.05, 0.1) is 6.54 Å². The molecule has 0 aliphatic carbocycles. The van der Waals surface area contributed by atoms with Gasteiger partial charge in [-0.2, -0.15) is 0 Å². The molecule has 0 spiro atoms. The summed E-state index contributed by atoms with van der Waals surface area (Å²) in [6.45, 7) is 6.35. The minimum Gasteiger partial charge on any atom is -0.351 e. The van der Waals surface area contributed by atoms with Crippen molar-refractivity contribution in [2.75, 3.05) is 6.54 Å². The van der Waals surface area contributed by atoms with Crippen LogP contribution in [-0.4, -0.2) is 18.0 Å². The van der Waals surface area contributed by atoms with Gasteiger partial charge < -0.3 is 10.6 Å². The summed E-state index contributed by atoms with van der Waals surface area (Å²) in [5.41, 5.74) is 0.353. The highest BCUT2D eigenvalue weighted by Crippen LogP contribution is 2.15. The molecule has 1 rings (SSSR count). The van der Waals surface area contributed by atoms with E-state index in [0.717, 1.165) is 4.47 Å². The second-order valence-electron chi connectivity index (χ2n) is 5.12. The maximum atomic E-state index is 13.4. The third kappa shape index (κ3) is 5.60. The van der Waals surface area contributed by atoms with E-state index in [2.05, 4.69) is 26.6 Å². The van der Waals surface area contributed by atoms with Gasteiger partial charge in [0.25, 0.3) is 0 Å². The minimum absolute atomic E-state index is 0.113. The molecule has 0 aliphatic heterocycles. The van der Waals surface area contributed by atoms with Crippen LogP contribution in [0, 0.1) is 5.82 Å². The number of hydrogen-bond donors (Lipinski definition) is 2. The number of rotatable bonds is 4. The van der Waals surface area contributed by atoms with Gasteiger partial charge in [0.2, 0.25) is 5.91 Å². The maximum absolute atomic E-state index is 13.4. The summed E-state index contributed by atoms with van der Waals surface area (Å²) in [6.07, 6.45) is 0. The standard InChI is InChI=1S/C13H18BrFN2O/c1-13(2,3)17-8-12(18)16-7-9-6-10(14)4-5-11(9)15/h4-6,17H,7-8H2,1-3H3,(H,16,18). The Morgan fingerprint density at radius 1 is 1.39 bits per heavy atom. The van der Waals surface area contributed by atoms with E-state index in [1.807, 2.05) is 20.8 Å². The van der Waals surface area contributed by atoms with Gasteiger partial charge in [0.15, 0.2) is 0 Å². The summed E-state index contributed by atoms with van der Waals surface area (Å²) in [6, 6.07) is 4.66. The molecule has 0 atom stereocenters. The molecular weight excluding hydrogens is 299 g/mol. The normalized spacial score (nSPS) is 11.4. The molecule has 3 nitrogen and oxygen atoms in total. The van der Waals surface area contributed by atoms with Crippen LogP contribution in [0.5, 0.6) is 0 Å². The number of hydrogen-bond acceptors (Lipinski definition) is 2. The molecule has 0 heterocycles. The predicted molar refractivity (Wildman–Crippen MR) is 73.7 cm³/mol. The molecule has 18 heavy (non-hydrogen) atoms. The van der Waals surface area contributed by atoms with Gasteiger partial charge in [0, 0.05) is 22.1 Å². The Morgan fingerprint density at radius 3 is 2.67 bits per heavy atom. The van der Waals surface area contributed by atoms with Crippen molar-refractivity contribution in [3.8, 4) is 0 Å². The lowest BCUT2D eigenvalue weighted by Gasteiger charge is -2.20. The fourth-order valence-corrected chi connectivity index (χ4v) is 1.69. The lowest BCUT2D eigenvalue weighted by Crippen LogP contribution is -2.43. The van der Waals surface area contributed by atoms with Crippen LogP contribution in [0.25, 0.3) is 0 Å². The second-order valence-corrected chi connectivity index (χ2v) is 6.03. The number of carbonyl (C=O) groups excluding carboxylic acids is 1. The first-order chi connectivity index (χ1) is 8.28. The van der Waals surface area contributed by atoms with Crippen molar-refractivity contribution in [2.24, 2.45) is 0 Å². The third-order valence-electron chi connectivity index (χ3n) is 2.26. The third-order valence-corrected chi connectivity index (χ3v) is 2.76. The van der Waals surface area contributed by atoms with E-state index >= 15 is 0 Å². The zero-order valence-corrected chi connectivity index (χ0v) is 12.4. The van der Waals surface area contributed by atoms with Gasteiger partial charge in [-0.3, -0.25) is 4.79 Å². The van der Waals surface area contributed by atoms with Crippen LogP contribution in [-0.2, 0) is 11.3 Å². The Kier molecular flexibility index (Phi) is 5.28. The lowest BCUT2D eigenvalue weighted by molar-refractivity contribution is -0.120. The van der Waals surface area contributed by atoms with E-state index < -0.39 is 0 Å². The van der Waals surface area contributed by atoms with Crippen LogP contribution in [0.15, 0.2) is 22.7 Å². The quantitative estimate of drug-likeness (QED) is 0.896. The van der Waals surface area contributed by atoms with E-state index in [9.17, 15) is 9.18 Å². The first-order valence-corrected chi connectivity index (χ1v) is 6.53. The van der Waals surface area contributed by atoms with Crippen molar-refractivity contribution < 1.29 is 9.18 Å². The summed E-state index contributed by atoms with van der Waals surface area (Å²) < 4.78 is 14.2. The first-order valence-electron chi connectivity index (χ1n) is 5.73. The highest BCUT2D eigenvalue weighted by molar-refractivity contribution is 9.10. The number of nitrogens with one attached hydrogen (secondary N) is 2. The van der Waals surface area contributed by atoms with Crippen LogP contribution in [0.2, 0.25) is 0 Å². The number of carbonyl (C=O) groups is 1. The SMILES string of the molecule is CC(C)(C)NCC(=O)NCc1cc(Br)ccc1F. The van der Waals surface area contributed by atoms with Crippen molar-refractivity contribution in [3.63, 3.8) is 0 Å². The Balaban J connectivity index is 2.45. The largest absolute Gasteiger partial charge is 0.351 e. The van der Waals surface area contributed by atoms with Crippen LogP contribution in [0.1, 0.15) is 26.3 Å². The van der Waals surface area contributed by atoms with Crippen molar-refractivity contribution in [1.29, 1.82) is 0 Å². The molecule has 5 heteroatoms. The number of benzene rings is 1. The number of halogens is 2. The molecular formula is C13H18BrFN2O. The Morgan fingerprint density at radius 2 is 2.06 bits per heavy atom. The van der Waals surface area contributed by atoms with Crippen molar-refractivity contribution in [3.05, 3.63) is 34.1 Å². The monoisotopic (exact) mass is 316 g/mol. The van der Waals surface area contributed by atoms with Gasteiger partial charge in [-0.15, -0.1) is 0 Å². The van der Waals surface area contributed by atoms with Gasteiger partial charge in [-0.05, 0) is 39.0 Å². The van der Waals surface area contributed by atoms with E-state index in [-0.39, 0.29) is 30.4 Å². The topological polar surface area (TPSA) is 41.1 Å². The zero-order valence-electron chi connectivity index (χ0n) is 10.8. The lowest BCUT2D eigenvalue weighted by atomic mass is 10.1. The fraction of sp³-hybridized carbons (Fsp3) is 0.462. The molecule has 0 fully saturated rings. The van der Waals surface area contributed by atoms with Gasteiger partial charge >= 0.3 is 0 Å². The first kappa shape index (κ1) is 15.1. The molecule has 0 saturated heterocycles. The van der Waals surface area contributed by atoms with E-state index in [0.29, 0.717) is 5.56 Å². The van der Waals surface area contributed by atoms with Crippen LogP contribution >= 0.6 is 15.9 Å². The average Bonchev–Trinajstić information content (AvgIpc) is 2.26. The smallest absolute Gasteiger partial charge is 0.234 e. The van der Waals surface area contributed by atoms with Crippen LogP contribution < -0.4 is 10.6 Å². The van der Waals surface area contributed by atoms with E-state index in [1.165, 1.54) is 6.07 Å². The molecule has 100 valence electrons. The highest BCUT2D eigenvalue weighted by atomic mass is 79.9. The highest BCUT2D eigenvalue weighted by Gasteiger charge is 2.11. The minimum atomic E-state index is -0.317. The number of amides is 1. The molecule has 2 N–H and O–H groups in total. The summed E-state index contributed by atoms with van der Waals surface area (Å²) in [7, 11) is 0. The van der Waals surface area contributed by atoms with Crippen LogP contribution in [0.4, 0.5) is 4.39 Å². The Labute approximate surface area is 115 Å². The molecule has 0 aliphatic rings. The molecule has 1 amide bonds. The zero-order chi connectivity index (χ0) is 13.8. The molecule has 0 aromatic heterocycles. The molecule has 0 radical (unpaired) electrons. The summed E-state index contributed by atoms with van der Waals surface area (Å²) in [5, 5.41) is 5.75. The van der Waals surface area contributed by atoms with Crippen molar-refractivity contribution in [1.82, 2.24) is 10.6 Å². The Hall–Kier alpha value is -0.940. The summed E-state index contributed by atoms with van der Waals surface area (Å²) in [5.74, 6) is -0.466. The summed E-state index contributed by atoms with van der Waals surface area (Å²) >= 11 is 3.27. The summed E-state index contributed by atoms with van der Waals surface area (Å²) in [4.78, 5) is 11.6. The van der Waals surface area contributed by atoms with E-state index in [4.69, 9.17) is 0 Å². The van der Waals surface area contributed by atoms with Crippen LogP contribution in [0.3, 0.4) is 0 Å². The second kappa shape index (κ2) is 6.29. The molecule has 1 aromatic carbocycles. The maximum Gasteiger partial charge on any atom is 0.234 e. The Bertz CT molecular complexity index is 429. The van der Waals surface area contributed by atoms with Crippen molar-refractivity contribution in [2.45, 2.75) is 32.9 Å². The molecule has 0 bridgehead atoms. The van der Waals surface area contributed by atoms with E-state index in [1.54, 1.807) is 12.1 Å². The average molecular weight is 317 g/mol. The fourth-order valence-electron chi connectivity index (χ4n) is 1.28. The molecule has 1 aromatic rings. The predicted octanol–water partition coefficient (Wildman–Crippen LogP) is 2.59. The van der Waals surface area contributed by atoms with Gasteiger partial charge in [0.1, 0.15) is 5.82 Å². The van der Waals surface area contributed by atoms with Gasteiger partial charge in [-0.1, -0.05) is 15.9 Å². The van der Waals surface area contributed by atoms with Gasteiger partial charge in [-0.25, -0.2) is 4.39 Å². The molecule has 0 unspecified atom stereocenters.